The number of nitrogens with zero attached hydrogens (tertiary/aromatic N) is 1. The van der Waals surface area contributed by atoms with Gasteiger partial charge in [0.1, 0.15) is 6.07 Å². The highest BCUT2D eigenvalue weighted by Gasteiger charge is 2.14. The van der Waals surface area contributed by atoms with E-state index in [1.54, 1.807) is 6.07 Å². The van der Waals surface area contributed by atoms with Crippen molar-refractivity contribution in [2.45, 2.75) is 44.6 Å². The van der Waals surface area contributed by atoms with Gasteiger partial charge in [0.05, 0.1) is 17.8 Å². The molecule has 21 heavy (non-hydrogen) atoms. The summed E-state index contributed by atoms with van der Waals surface area (Å²) in [4.78, 5) is 12.0. The fourth-order valence-electron chi connectivity index (χ4n) is 2.64. The zero-order valence-electron chi connectivity index (χ0n) is 12.0. The highest BCUT2D eigenvalue weighted by atomic mass is 79.9. The summed E-state index contributed by atoms with van der Waals surface area (Å²) >= 11 is 3.37. The van der Waals surface area contributed by atoms with Gasteiger partial charge in [0.2, 0.25) is 5.91 Å². The van der Waals surface area contributed by atoms with Crippen molar-refractivity contribution in [3.8, 4) is 6.07 Å². The van der Waals surface area contributed by atoms with Gasteiger partial charge in [0.25, 0.3) is 0 Å². The lowest BCUT2D eigenvalue weighted by Crippen LogP contribution is -2.38. The molecule has 1 amide bonds. The average Bonchev–Trinajstić information content (AvgIpc) is 2.74. The lowest BCUT2D eigenvalue weighted by Gasteiger charge is -2.17. The summed E-state index contributed by atoms with van der Waals surface area (Å²) in [6.07, 6.45) is 7.09. The SMILES string of the molecule is N#Cc1ccc(Br)cc1NCC(=O)NC1CCCCCC1. The van der Waals surface area contributed by atoms with Crippen LogP contribution >= 0.6 is 15.9 Å². The van der Waals surface area contributed by atoms with Crippen LogP contribution in [0.1, 0.15) is 44.1 Å². The van der Waals surface area contributed by atoms with Crippen molar-refractivity contribution < 1.29 is 4.79 Å². The van der Waals surface area contributed by atoms with Crippen LogP contribution < -0.4 is 10.6 Å². The standard InChI is InChI=1S/C16H20BrN3O/c17-13-8-7-12(10-18)15(9-13)19-11-16(21)20-14-5-3-1-2-4-6-14/h7-9,14,19H,1-6,11H2,(H,20,21). The molecule has 1 aromatic carbocycles. The molecule has 0 aliphatic heterocycles. The predicted octanol–water partition coefficient (Wildman–Crippen LogP) is 3.57. The molecular weight excluding hydrogens is 330 g/mol. The van der Waals surface area contributed by atoms with Crippen LogP contribution in [-0.4, -0.2) is 18.5 Å². The molecule has 5 heteroatoms. The topological polar surface area (TPSA) is 64.9 Å². The smallest absolute Gasteiger partial charge is 0.239 e. The Morgan fingerprint density at radius 3 is 2.67 bits per heavy atom. The summed E-state index contributed by atoms with van der Waals surface area (Å²) in [6, 6.07) is 7.79. The zero-order valence-corrected chi connectivity index (χ0v) is 13.6. The highest BCUT2D eigenvalue weighted by Crippen LogP contribution is 2.21. The number of benzene rings is 1. The van der Waals surface area contributed by atoms with Gasteiger partial charge in [0.15, 0.2) is 0 Å². The third-order valence-electron chi connectivity index (χ3n) is 3.76. The Morgan fingerprint density at radius 1 is 1.29 bits per heavy atom. The Morgan fingerprint density at radius 2 is 2.00 bits per heavy atom. The Kier molecular flexibility index (Phi) is 6.06. The van der Waals surface area contributed by atoms with Gasteiger partial charge in [-0.25, -0.2) is 0 Å². The average molecular weight is 350 g/mol. The maximum Gasteiger partial charge on any atom is 0.239 e. The Bertz CT molecular complexity index is 531. The molecule has 0 unspecified atom stereocenters. The van der Waals surface area contributed by atoms with E-state index in [1.165, 1.54) is 25.7 Å². The summed E-state index contributed by atoms with van der Waals surface area (Å²) in [7, 11) is 0. The first-order valence-corrected chi connectivity index (χ1v) is 8.21. The number of hydrogen-bond acceptors (Lipinski definition) is 3. The van der Waals surface area contributed by atoms with E-state index in [9.17, 15) is 4.79 Å². The molecule has 0 spiro atoms. The van der Waals surface area contributed by atoms with Gasteiger partial charge in [0, 0.05) is 10.5 Å². The predicted molar refractivity (Wildman–Crippen MR) is 87.0 cm³/mol. The highest BCUT2D eigenvalue weighted by molar-refractivity contribution is 9.10. The summed E-state index contributed by atoms with van der Waals surface area (Å²) in [5, 5.41) is 15.2. The van der Waals surface area contributed by atoms with E-state index in [4.69, 9.17) is 5.26 Å². The molecule has 2 N–H and O–H groups in total. The van der Waals surface area contributed by atoms with E-state index >= 15 is 0 Å². The van der Waals surface area contributed by atoms with Crippen LogP contribution in [0.25, 0.3) is 0 Å². The van der Waals surface area contributed by atoms with Gasteiger partial charge in [-0.05, 0) is 31.0 Å². The first-order chi connectivity index (χ1) is 10.2. The van der Waals surface area contributed by atoms with E-state index < -0.39 is 0 Å². The molecule has 1 aliphatic carbocycles. The second kappa shape index (κ2) is 8.04. The molecule has 0 heterocycles. The van der Waals surface area contributed by atoms with Gasteiger partial charge in [-0.3, -0.25) is 4.79 Å². The van der Waals surface area contributed by atoms with Gasteiger partial charge >= 0.3 is 0 Å². The first-order valence-electron chi connectivity index (χ1n) is 7.42. The number of rotatable bonds is 4. The van der Waals surface area contributed by atoms with Crippen molar-refractivity contribution in [1.82, 2.24) is 5.32 Å². The second-order valence-electron chi connectivity index (χ2n) is 5.41. The van der Waals surface area contributed by atoms with Crippen LogP contribution in [0, 0.1) is 11.3 Å². The second-order valence-corrected chi connectivity index (χ2v) is 6.33. The molecule has 1 aliphatic rings. The molecule has 1 fully saturated rings. The van der Waals surface area contributed by atoms with Crippen molar-refractivity contribution in [1.29, 1.82) is 5.26 Å². The lowest BCUT2D eigenvalue weighted by atomic mass is 10.1. The number of nitriles is 1. The molecule has 1 saturated carbocycles. The van der Waals surface area contributed by atoms with E-state index in [2.05, 4.69) is 32.6 Å². The normalized spacial score (nSPS) is 15.8. The van der Waals surface area contributed by atoms with Crippen molar-refractivity contribution >= 4 is 27.5 Å². The molecule has 1 aromatic rings. The third kappa shape index (κ3) is 5.05. The Hall–Kier alpha value is -1.54. The number of nitrogens with one attached hydrogen (secondary N) is 2. The number of anilines is 1. The molecule has 0 saturated heterocycles. The fourth-order valence-corrected chi connectivity index (χ4v) is 3.00. The number of carbonyl (C=O) groups is 1. The van der Waals surface area contributed by atoms with Crippen molar-refractivity contribution in [2.75, 3.05) is 11.9 Å². The van der Waals surface area contributed by atoms with E-state index in [0.29, 0.717) is 17.3 Å². The summed E-state index contributed by atoms with van der Waals surface area (Å²) in [5.74, 6) is -0.00855. The van der Waals surface area contributed by atoms with Crippen LogP contribution in [0.2, 0.25) is 0 Å². The third-order valence-corrected chi connectivity index (χ3v) is 4.25. The van der Waals surface area contributed by atoms with Gasteiger partial charge in [-0.1, -0.05) is 41.6 Å². The molecular formula is C16H20BrN3O. The minimum atomic E-state index is -0.00855. The number of halogens is 1. The summed E-state index contributed by atoms with van der Waals surface area (Å²) < 4.78 is 0.883. The minimum Gasteiger partial charge on any atom is -0.375 e. The van der Waals surface area contributed by atoms with Crippen LogP contribution in [0.3, 0.4) is 0 Å². The molecule has 0 aromatic heterocycles. The molecule has 4 nitrogen and oxygen atoms in total. The maximum atomic E-state index is 12.0. The number of amides is 1. The van der Waals surface area contributed by atoms with Crippen LogP contribution in [-0.2, 0) is 4.79 Å². The van der Waals surface area contributed by atoms with Crippen molar-refractivity contribution in [3.63, 3.8) is 0 Å². The van der Waals surface area contributed by atoms with E-state index in [-0.39, 0.29) is 12.5 Å². The quantitative estimate of drug-likeness (QED) is 0.816. The summed E-state index contributed by atoms with van der Waals surface area (Å²) in [5.41, 5.74) is 1.23. The molecule has 2 rings (SSSR count). The van der Waals surface area contributed by atoms with Crippen molar-refractivity contribution in [2.24, 2.45) is 0 Å². The minimum absolute atomic E-state index is 0.00855. The van der Waals surface area contributed by atoms with Crippen LogP contribution in [0.4, 0.5) is 5.69 Å². The number of hydrogen-bond donors (Lipinski definition) is 2. The fraction of sp³-hybridized carbons (Fsp3) is 0.500. The molecule has 0 radical (unpaired) electrons. The maximum absolute atomic E-state index is 12.0. The molecule has 0 bridgehead atoms. The van der Waals surface area contributed by atoms with Crippen molar-refractivity contribution in [3.05, 3.63) is 28.2 Å². The Balaban J connectivity index is 1.86. The van der Waals surface area contributed by atoms with Crippen LogP contribution in [0.15, 0.2) is 22.7 Å². The Labute approximate surface area is 134 Å². The molecule has 112 valence electrons. The van der Waals surface area contributed by atoms with Crippen LogP contribution in [0.5, 0.6) is 0 Å². The van der Waals surface area contributed by atoms with Gasteiger partial charge in [-0.15, -0.1) is 0 Å². The monoisotopic (exact) mass is 349 g/mol. The summed E-state index contributed by atoms with van der Waals surface area (Å²) in [6.45, 7) is 0.196. The zero-order chi connectivity index (χ0) is 15.1. The lowest BCUT2D eigenvalue weighted by molar-refractivity contribution is -0.120. The van der Waals surface area contributed by atoms with E-state index in [1.807, 2.05) is 12.1 Å². The van der Waals surface area contributed by atoms with Gasteiger partial charge in [-0.2, -0.15) is 5.26 Å². The van der Waals surface area contributed by atoms with E-state index in [0.717, 1.165) is 17.3 Å². The number of carbonyl (C=O) groups excluding carboxylic acids is 1. The largest absolute Gasteiger partial charge is 0.375 e. The first kappa shape index (κ1) is 15.8. The molecule has 0 atom stereocenters. The van der Waals surface area contributed by atoms with Gasteiger partial charge < -0.3 is 10.6 Å².